The minimum Gasteiger partial charge on any atom is -0.324 e. The van der Waals surface area contributed by atoms with Gasteiger partial charge in [-0.15, -0.1) is 11.3 Å². The third-order valence-corrected chi connectivity index (χ3v) is 8.41. The molecule has 0 saturated carbocycles. The summed E-state index contributed by atoms with van der Waals surface area (Å²) >= 11 is 1.62. The summed E-state index contributed by atoms with van der Waals surface area (Å²) in [6.07, 6.45) is 7.80. The minimum atomic E-state index is -0.119. The van der Waals surface area contributed by atoms with Crippen molar-refractivity contribution >= 4 is 34.0 Å². The molecule has 1 aliphatic rings. The van der Waals surface area contributed by atoms with E-state index in [9.17, 15) is 4.79 Å². The number of aromatic nitrogens is 5. The van der Waals surface area contributed by atoms with Gasteiger partial charge in [0.25, 0.3) is 5.56 Å². The number of likely N-dealkylation sites (tertiary alicyclic amines) is 1. The molecule has 1 fully saturated rings. The summed E-state index contributed by atoms with van der Waals surface area (Å²) in [6.45, 7) is 6.70. The monoisotopic (exact) mass is 537 g/mol. The fraction of sp³-hybridized carbons (Fsp3) is 0.300. The second kappa shape index (κ2) is 10.7. The van der Waals surface area contributed by atoms with Crippen molar-refractivity contribution < 1.29 is 0 Å². The molecule has 198 valence electrons. The lowest BCUT2D eigenvalue weighted by atomic mass is 9.89. The van der Waals surface area contributed by atoms with E-state index in [1.165, 1.54) is 18.4 Å². The second-order valence-electron chi connectivity index (χ2n) is 10.1. The lowest BCUT2D eigenvalue weighted by molar-refractivity contribution is 0.255. The van der Waals surface area contributed by atoms with Gasteiger partial charge in [-0.25, -0.2) is 9.97 Å². The van der Waals surface area contributed by atoms with Gasteiger partial charge in [-0.05, 0) is 88.6 Å². The molecule has 5 aromatic rings. The van der Waals surface area contributed by atoms with Gasteiger partial charge >= 0.3 is 0 Å². The van der Waals surface area contributed by atoms with E-state index in [2.05, 4.69) is 56.5 Å². The van der Waals surface area contributed by atoms with Crippen LogP contribution in [0.15, 0.2) is 65.8 Å². The summed E-state index contributed by atoms with van der Waals surface area (Å²) in [6, 6.07) is 14.3. The van der Waals surface area contributed by atoms with Gasteiger partial charge in [0, 0.05) is 41.8 Å². The van der Waals surface area contributed by atoms with Gasteiger partial charge in [0.05, 0.1) is 21.1 Å². The van der Waals surface area contributed by atoms with Crippen LogP contribution in [0, 0.1) is 6.92 Å². The van der Waals surface area contributed by atoms with Crippen LogP contribution >= 0.6 is 11.3 Å². The number of thiazole rings is 1. The predicted molar refractivity (Wildman–Crippen MR) is 158 cm³/mol. The average molecular weight is 538 g/mol. The van der Waals surface area contributed by atoms with Crippen molar-refractivity contribution in [1.82, 2.24) is 29.4 Å². The van der Waals surface area contributed by atoms with E-state index in [0.717, 1.165) is 39.6 Å². The van der Waals surface area contributed by atoms with Crippen LogP contribution in [0.1, 0.15) is 36.3 Å². The maximum atomic E-state index is 13.5. The quantitative estimate of drug-likeness (QED) is 0.290. The number of benzene rings is 1. The van der Waals surface area contributed by atoms with E-state index in [1.807, 2.05) is 38.2 Å². The van der Waals surface area contributed by atoms with Crippen molar-refractivity contribution in [3.8, 4) is 21.7 Å². The zero-order valence-corrected chi connectivity index (χ0v) is 23.2. The summed E-state index contributed by atoms with van der Waals surface area (Å²) in [5.74, 6) is 1.08. The largest absolute Gasteiger partial charge is 0.324 e. The average Bonchev–Trinajstić information content (AvgIpc) is 3.40. The molecule has 1 saturated heterocycles. The maximum absolute atomic E-state index is 13.5. The molecule has 5 heterocycles. The van der Waals surface area contributed by atoms with Gasteiger partial charge in [-0.3, -0.25) is 14.3 Å². The fourth-order valence-corrected chi connectivity index (χ4v) is 5.97. The first-order valence-electron chi connectivity index (χ1n) is 13.3. The molecule has 0 spiro atoms. The maximum Gasteiger partial charge on any atom is 0.261 e. The number of fused-ring (bicyclic) bond motifs is 1. The molecule has 0 aliphatic carbocycles. The lowest BCUT2D eigenvalue weighted by Gasteiger charge is -2.29. The number of nitrogens with zero attached hydrogens (tertiary/aromatic N) is 6. The Hall–Kier alpha value is -3.95. The molecule has 0 atom stereocenters. The molecule has 9 heteroatoms. The van der Waals surface area contributed by atoms with Crippen molar-refractivity contribution in [1.29, 1.82) is 0 Å². The third-order valence-electron chi connectivity index (χ3n) is 7.45. The zero-order valence-electron chi connectivity index (χ0n) is 22.4. The Morgan fingerprint density at radius 1 is 1.00 bits per heavy atom. The molecule has 1 aliphatic heterocycles. The van der Waals surface area contributed by atoms with Gasteiger partial charge in [-0.1, -0.05) is 12.1 Å². The summed E-state index contributed by atoms with van der Waals surface area (Å²) in [7, 11) is 2.19. The SMILES string of the molecule is CCn1c(=O)c(-c2ccc(-c3cnc(C)s3)cn2)cc2cnc(Nc3ccc(C4CCN(C)CC4)cc3)nc21. The Labute approximate surface area is 231 Å². The van der Waals surface area contributed by atoms with Crippen molar-refractivity contribution in [3.63, 3.8) is 0 Å². The Balaban J connectivity index is 1.26. The smallest absolute Gasteiger partial charge is 0.261 e. The molecule has 6 rings (SSSR count). The first kappa shape index (κ1) is 25.3. The molecular weight excluding hydrogens is 506 g/mol. The molecular formula is C30H31N7OS. The van der Waals surface area contributed by atoms with Crippen LogP contribution in [-0.4, -0.2) is 49.5 Å². The summed E-state index contributed by atoms with van der Waals surface area (Å²) in [5.41, 5.74) is 4.93. The van der Waals surface area contributed by atoms with Crippen molar-refractivity contribution in [3.05, 3.63) is 82.0 Å². The fourth-order valence-electron chi connectivity index (χ4n) is 5.20. The van der Waals surface area contributed by atoms with E-state index >= 15 is 0 Å². The number of hydrogen-bond donors (Lipinski definition) is 1. The standard InChI is InChI=1S/C30H31N7OS/c1-4-37-28-23(15-25(29(37)38)26-10-7-22(16-32-26)27-18-31-19(2)39-27)17-33-30(35-28)34-24-8-5-20(6-9-24)21-11-13-36(3)14-12-21/h5-10,15-18,21H,4,11-14H2,1-3H3,(H,33,34,35). The molecule has 0 unspecified atom stereocenters. The normalized spacial score (nSPS) is 14.6. The van der Waals surface area contributed by atoms with Crippen molar-refractivity contribution in [2.75, 3.05) is 25.5 Å². The van der Waals surface area contributed by atoms with Crippen LogP contribution in [0.3, 0.4) is 0 Å². The van der Waals surface area contributed by atoms with Crippen LogP contribution in [0.25, 0.3) is 32.7 Å². The van der Waals surface area contributed by atoms with Crippen LogP contribution in [0.4, 0.5) is 11.6 Å². The van der Waals surface area contributed by atoms with E-state index in [1.54, 1.807) is 28.3 Å². The molecule has 0 amide bonds. The topological polar surface area (TPSA) is 88.8 Å². The van der Waals surface area contributed by atoms with Gasteiger partial charge < -0.3 is 10.2 Å². The number of anilines is 2. The highest BCUT2D eigenvalue weighted by molar-refractivity contribution is 7.15. The van der Waals surface area contributed by atoms with E-state index < -0.39 is 0 Å². The molecule has 1 N–H and O–H groups in total. The number of aryl methyl sites for hydroxylation is 2. The highest BCUT2D eigenvalue weighted by atomic mass is 32.1. The van der Waals surface area contributed by atoms with E-state index in [0.29, 0.717) is 35.3 Å². The van der Waals surface area contributed by atoms with Crippen LogP contribution in [0.5, 0.6) is 0 Å². The number of rotatable bonds is 6. The van der Waals surface area contributed by atoms with Crippen molar-refractivity contribution in [2.24, 2.45) is 0 Å². The molecule has 0 radical (unpaired) electrons. The molecule has 39 heavy (non-hydrogen) atoms. The van der Waals surface area contributed by atoms with Crippen LogP contribution < -0.4 is 10.9 Å². The van der Waals surface area contributed by atoms with Gasteiger partial charge in [0.15, 0.2) is 0 Å². The van der Waals surface area contributed by atoms with E-state index in [-0.39, 0.29) is 5.56 Å². The number of nitrogens with one attached hydrogen (secondary N) is 1. The molecule has 8 nitrogen and oxygen atoms in total. The Kier molecular flexibility index (Phi) is 6.93. The van der Waals surface area contributed by atoms with Crippen LogP contribution in [0.2, 0.25) is 0 Å². The minimum absolute atomic E-state index is 0.119. The first-order chi connectivity index (χ1) is 19.0. The lowest BCUT2D eigenvalue weighted by Crippen LogP contribution is -2.29. The molecule has 1 aromatic carbocycles. The van der Waals surface area contributed by atoms with Crippen LogP contribution in [-0.2, 0) is 6.54 Å². The first-order valence-corrected chi connectivity index (χ1v) is 14.2. The van der Waals surface area contributed by atoms with Gasteiger partial charge in [-0.2, -0.15) is 4.98 Å². The Bertz CT molecular complexity index is 1670. The second-order valence-corrected chi connectivity index (χ2v) is 11.3. The van der Waals surface area contributed by atoms with Gasteiger partial charge in [0.1, 0.15) is 5.65 Å². The number of piperidine rings is 1. The predicted octanol–water partition coefficient (Wildman–Crippen LogP) is 5.86. The number of pyridine rings is 2. The van der Waals surface area contributed by atoms with Crippen molar-refractivity contribution in [2.45, 2.75) is 39.2 Å². The highest BCUT2D eigenvalue weighted by Crippen LogP contribution is 2.29. The Morgan fingerprint density at radius 2 is 1.79 bits per heavy atom. The Morgan fingerprint density at radius 3 is 2.46 bits per heavy atom. The third kappa shape index (κ3) is 5.20. The number of hydrogen-bond acceptors (Lipinski definition) is 8. The summed E-state index contributed by atoms with van der Waals surface area (Å²) < 4.78 is 1.68. The van der Waals surface area contributed by atoms with Gasteiger partial charge in [0.2, 0.25) is 5.95 Å². The molecule has 4 aromatic heterocycles. The summed E-state index contributed by atoms with van der Waals surface area (Å²) in [5, 5.41) is 5.11. The zero-order chi connectivity index (χ0) is 26.9. The highest BCUT2D eigenvalue weighted by Gasteiger charge is 2.18. The van der Waals surface area contributed by atoms with E-state index in [4.69, 9.17) is 4.98 Å². The summed E-state index contributed by atoms with van der Waals surface area (Å²) in [4.78, 5) is 35.1. The molecule has 0 bridgehead atoms.